The normalized spacial score (nSPS) is 11.3. The average Bonchev–Trinajstić information content (AvgIpc) is 2.89. The van der Waals surface area contributed by atoms with E-state index >= 15 is 0 Å². The average molecular weight is 278 g/mol. The van der Waals surface area contributed by atoms with Crippen LogP contribution in [0.2, 0.25) is 0 Å². The Bertz CT molecular complexity index is 625. The first-order valence-electron chi connectivity index (χ1n) is 5.19. The molecule has 3 N–H and O–H groups in total. The topological polar surface area (TPSA) is 119 Å². The lowest BCUT2D eigenvalue weighted by Crippen LogP contribution is -2.05. The molecule has 0 aliphatic heterocycles. The SMILES string of the molecule is C/C(=N/Nc1nc(N)ncc1[N+](=O)[O-])c1cccs1. The van der Waals surface area contributed by atoms with E-state index in [-0.39, 0.29) is 17.5 Å². The molecule has 0 amide bonds. The predicted molar refractivity (Wildman–Crippen MR) is 73.3 cm³/mol. The van der Waals surface area contributed by atoms with Gasteiger partial charge in [0.25, 0.3) is 0 Å². The van der Waals surface area contributed by atoms with E-state index in [1.165, 1.54) is 11.3 Å². The van der Waals surface area contributed by atoms with Crippen LogP contribution in [0.3, 0.4) is 0 Å². The van der Waals surface area contributed by atoms with E-state index in [4.69, 9.17) is 5.73 Å². The molecule has 0 radical (unpaired) electrons. The summed E-state index contributed by atoms with van der Waals surface area (Å²) >= 11 is 1.52. The molecule has 9 heteroatoms. The summed E-state index contributed by atoms with van der Waals surface area (Å²) in [6.07, 6.45) is 1.04. The van der Waals surface area contributed by atoms with Gasteiger partial charge in [0.05, 0.1) is 10.6 Å². The Morgan fingerprint density at radius 2 is 2.42 bits per heavy atom. The van der Waals surface area contributed by atoms with Crippen molar-refractivity contribution in [2.24, 2.45) is 5.10 Å². The minimum absolute atomic E-state index is 0.0339. The Morgan fingerprint density at radius 3 is 3.05 bits per heavy atom. The number of anilines is 2. The molecule has 2 aromatic heterocycles. The number of thiophene rings is 1. The monoisotopic (exact) mass is 278 g/mol. The van der Waals surface area contributed by atoms with Crippen LogP contribution in [-0.2, 0) is 0 Å². The molecule has 2 aromatic rings. The summed E-state index contributed by atoms with van der Waals surface area (Å²) in [5, 5.41) is 16.8. The number of hydrogen-bond acceptors (Lipinski definition) is 8. The summed E-state index contributed by atoms with van der Waals surface area (Å²) in [5.41, 5.74) is 8.36. The second-order valence-electron chi connectivity index (χ2n) is 3.51. The molecule has 0 atom stereocenters. The molecule has 8 nitrogen and oxygen atoms in total. The molecule has 0 aliphatic carbocycles. The van der Waals surface area contributed by atoms with Gasteiger partial charge in [-0.2, -0.15) is 10.1 Å². The first-order chi connectivity index (χ1) is 9.08. The highest BCUT2D eigenvalue weighted by Crippen LogP contribution is 2.21. The molecule has 0 aliphatic rings. The number of nitrogen functional groups attached to an aromatic ring is 1. The van der Waals surface area contributed by atoms with E-state index in [0.717, 1.165) is 11.1 Å². The summed E-state index contributed by atoms with van der Waals surface area (Å²) in [7, 11) is 0. The van der Waals surface area contributed by atoms with Gasteiger partial charge in [-0.25, -0.2) is 4.98 Å². The fraction of sp³-hybridized carbons (Fsp3) is 0.100. The zero-order valence-corrected chi connectivity index (χ0v) is 10.7. The number of nitro groups is 1. The van der Waals surface area contributed by atoms with Gasteiger partial charge >= 0.3 is 5.69 Å². The summed E-state index contributed by atoms with van der Waals surface area (Å²) in [5.74, 6) is -0.0921. The van der Waals surface area contributed by atoms with Crippen molar-refractivity contribution in [2.75, 3.05) is 11.2 Å². The summed E-state index contributed by atoms with van der Waals surface area (Å²) in [6.45, 7) is 1.79. The zero-order valence-electron chi connectivity index (χ0n) is 9.90. The van der Waals surface area contributed by atoms with Crippen LogP contribution >= 0.6 is 11.3 Å². The van der Waals surface area contributed by atoms with Crippen molar-refractivity contribution in [2.45, 2.75) is 6.92 Å². The fourth-order valence-electron chi connectivity index (χ4n) is 1.28. The molecule has 0 aromatic carbocycles. The molecule has 0 unspecified atom stereocenters. The molecule has 0 saturated heterocycles. The van der Waals surface area contributed by atoms with Crippen molar-refractivity contribution in [1.82, 2.24) is 9.97 Å². The van der Waals surface area contributed by atoms with Crippen LogP contribution in [0.4, 0.5) is 17.5 Å². The van der Waals surface area contributed by atoms with E-state index in [1.54, 1.807) is 6.92 Å². The van der Waals surface area contributed by atoms with Gasteiger partial charge in [0, 0.05) is 4.88 Å². The highest BCUT2D eigenvalue weighted by molar-refractivity contribution is 7.12. The number of hydrogen-bond donors (Lipinski definition) is 2. The van der Waals surface area contributed by atoms with E-state index in [9.17, 15) is 10.1 Å². The first kappa shape index (κ1) is 12.9. The minimum Gasteiger partial charge on any atom is -0.368 e. The van der Waals surface area contributed by atoms with E-state index in [2.05, 4.69) is 20.5 Å². The third kappa shape index (κ3) is 3.01. The summed E-state index contributed by atoms with van der Waals surface area (Å²) < 4.78 is 0. The van der Waals surface area contributed by atoms with Crippen LogP contribution in [0.25, 0.3) is 0 Å². The Balaban J connectivity index is 2.26. The number of nitrogens with zero attached hydrogens (tertiary/aromatic N) is 4. The van der Waals surface area contributed by atoms with Crippen molar-refractivity contribution in [1.29, 1.82) is 0 Å². The van der Waals surface area contributed by atoms with Gasteiger partial charge in [0.1, 0.15) is 6.20 Å². The molecular formula is C10H10N6O2S. The molecular weight excluding hydrogens is 268 g/mol. The van der Waals surface area contributed by atoms with Gasteiger partial charge in [-0.05, 0) is 18.4 Å². The maximum absolute atomic E-state index is 10.8. The quantitative estimate of drug-likeness (QED) is 0.500. The highest BCUT2D eigenvalue weighted by Gasteiger charge is 2.16. The van der Waals surface area contributed by atoms with Gasteiger partial charge in [-0.1, -0.05) is 6.07 Å². The largest absolute Gasteiger partial charge is 0.368 e. The number of aromatic nitrogens is 2. The maximum atomic E-state index is 10.8. The van der Waals surface area contributed by atoms with Crippen molar-refractivity contribution < 1.29 is 4.92 Å². The molecule has 98 valence electrons. The standard InChI is InChI=1S/C10H10N6O2S/c1-6(8-3-2-4-19-8)14-15-9-7(16(17)18)5-12-10(11)13-9/h2-5H,1H3,(H3,11,12,13,15)/b14-6-. The fourth-order valence-corrected chi connectivity index (χ4v) is 1.96. The van der Waals surface area contributed by atoms with Gasteiger partial charge in [0.2, 0.25) is 11.8 Å². The van der Waals surface area contributed by atoms with Crippen LogP contribution in [0.1, 0.15) is 11.8 Å². The van der Waals surface area contributed by atoms with Crippen LogP contribution < -0.4 is 11.2 Å². The first-order valence-corrected chi connectivity index (χ1v) is 6.07. The van der Waals surface area contributed by atoms with Crippen molar-refractivity contribution in [3.63, 3.8) is 0 Å². The molecule has 0 saturated carbocycles. The van der Waals surface area contributed by atoms with Gasteiger partial charge in [0.15, 0.2) is 0 Å². The third-order valence-electron chi connectivity index (χ3n) is 2.19. The second kappa shape index (κ2) is 5.40. The lowest BCUT2D eigenvalue weighted by molar-refractivity contribution is -0.384. The number of hydrazone groups is 1. The van der Waals surface area contributed by atoms with Crippen molar-refractivity contribution >= 4 is 34.5 Å². The molecule has 2 heterocycles. The Labute approximate surface area is 112 Å². The number of nitrogens with two attached hydrogens (primary N) is 1. The third-order valence-corrected chi connectivity index (χ3v) is 3.17. The smallest absolute Gasteiger partial charge is 0.331 e. The van der Waals surface area contributed by atoms with E-state index in [1.807, 2.05) is 17.5 Å². The van der Waals surface area contributed by atoms with Crippen LogP contribution in [0.5, 0.6) is 0 Å². The summed E-state index contributed by atoms with van der Waals surface area (Å²) in [6, 6.07) is 3.79. The molecule has 19 heavy (non-hydrogen) atoms. The van der Waals surface area contributed by atoms with Crippen molar-refractivity contribution in [3.05, 3.63) is 38.7 Å². The van der Waals surface area contributed by atoms with E-state index < -0.39 is 4.92 Å². The summed E-state index contributed by atoms with van der Waals surface area (Å²) in [4.78, 5) is 18.5. The minimum atomic E-state index is -0.599. The van der Waals surface area contributed by atoms with Gasteiger partial charge in [-0.15, -0.1) is 11.3 Å². The maximum Gasteiger partial charge on any atom is 0.331 e. The zero-order chi connectivity index (χ0) is 13.8. The molecule has 0 bridgehead atoms. The van der Waals surface area contributed by atoms with Gasteiger partial charge < -0.3 is 5.73 Å². The highest BCUT2D eigenvalue weighted by atomic mass is 32.1. The van der Waals surface area contributed by atoms with Crippen LogP contribution in [0.15, 0.2) is 28.8 Å². The van der Waals surface area contributed by atoms with Crippen LogP contribution in [0, 0.1) is 10.1 Å². The number of nitrogens with one attached hydrogen (secondary N) is 1. The Hall–Kier alpha value is -2.55. The molecule has 2 rings (SSSR count). The lowest BCUT2D eigenvalue weighted by atomic mass is 10.3. The number of rotatable bonds is 4. The second-order valence-corrected chi connectivity index (χ2v) is 4.45. The Morgan fingerprint density at radius 1 is 1.63 bits per heavy atom. The Kier molecular flexibility index (Phi) is 3.66. The van der Waals surface area contributed by atoms with Crippen LogP contribution in [-0.4, -0.2) is 20.6 Å². The molecule has 0 fully saturated rings. The van der Waals surface area contributed by atoms with Gasteiger partial charge in [-0.3, -0.25) is 15.5 Å². The molecule has 0 spiro atoms. The predicted octanol–water partition coefficient (Wildman–Crippen LogP) is 1.86. The lowest BCUT2D eigenvalue weighted by Gasteiger charge is -2.02. The van der Waals surface area contributed by atoms with E-state index in [0.29, 0.717) is 5.71 Å². The van der Waals surface area contributed by atoms with Crippen molar-refractivity contribution in [3.8, 4) is 0 Å².